The van der Waals surface area contributed by atoms with Gasteiger partial charge in [-0.2, -0.15) is 0 Å². The molecule has 0 aromatic carbocycles. The Kier molecular flexibility index (Phi) is 5.68. The molecule has 1 fully saturated rings. The number of furan rings is 1. The van der Waals surface area contributed by atoms with E-state index in [9.17, 15) is 14.7 Å². The summed E-state index contributed by atoms with van der Waals surface area (Å²) >= 11 is 0. The van der Waals surface area contributed by atoms with Crippen molar-refractivity contribution in [2.75, 3.05) is 19.8 Å². The van der Waals surface area contributed by atoms with E-state index < -0.39 is 11.9 Å². The van der Waals surface area contributed by atoms with Gasteiger partial charge in [-0.25, -0.2) is 4.98 Å². The van der Waals surface area contributed by atoms with Gasteiger partial charge < -0.3 is 19.6 Å². The number of carbonyl (C=O) groups excluding carboxylic acids is 1. The van der Waals surface area contributed by atoms with Gasteiger partial charge in [0, 0.05) is 19.8 Å². The molecule has 0 spiro atoms. The lowest BCUT2D eigenvalue weighted by molar-refractivity contribution is -0.144. The predicted molar refractivity (Wildman–Crippen MR) is 93.7 cm³/mol. The Morgan fingerprint density at radius 2 is 2.08 bits per heavy atom. The second kappa shape index (κ2) is 8.14. The van der Waals surface area contributed by atoms with Crippen LogP contribution in [0.1, 0.15) is 28.9 Å². The summed E-state index contributed by atoms with van der Waals surface area (Å²) in [5.41, 5.74) is 1.64. The van der Waals surface area contributed by atoms with Gasteiger partial charge in [0.25, 0.3) is 5.91 Å². The topological polar surface area (TPSA) is 102 Å². The average Bonchev–Trinajstić information content (AvgIpc) is 3.17. The fraction of sp³-hybridized carbons (Fsp3) is 0.421. The molecule has 1 amide bonds. The molecule has 0 saturated carbocycles. The summed E-state index contributed by atoms with van der Waals surface area (Å²) < 4.78 is 10.6. The number of aryl methyl sites for hydroxylation is 1. The maximum atomic E-state index is 12.5. The number of hydrogen-bond acceptors (Lipinski definition) is 5. The molecule has 3 rings (SSSR count). The fourth-order valence-corrected chi connectivity index (χ4v) is 3.23. The molecule has 1 atom stereocenters. The Balaban J connectivity index is 1.66. The first kappa shape index (κ1) is 18.1. The monoisotopic (exact) mass is 358 g/mol. The maximum absolute atomic E-state index is 12.5. The number of carboxylic acid groups (broad SMARTS) is 1. The second-order valence-electron chi connectivity index (χ2n) is 6.41. The summed E-state index contributed by atoms with van der Waals surface area (Å²) in [5, 5.41) is 12.2. The fourth-order valence-electron chi connectivity index (χ4n) is 3.23. The number of nitrogens with zero attached hydrogens (tertiary/aromatic N) is 1. The second-order valence-corrected chi connectivity index (χ2v) is 6.41. The zero-order valence-electron chi connectivity index (χ0n) is 14.6. The lowest BCUT2D eigenvalue weighted by Gasteiger charge is -2.27. The molecule has 1 aliphatic heterocycles. The number of rotatable bonds is 6. The van der Waals surface area contributed by atoms with Gasteiger partial charge in [0.1, 0.15) is 5.69 Å². The minimum atomic E-state index is -0.889. The Morgan fingerprint density at radius 3 is 2.69 bits per heavy atom. The van der Waals surface area contributed by atoms with Crippen LogP contribution in [0.3, 0.4) is 0 Å². The summed E-state index contributed by atoms with van der Waals surface area (Å²) in [6.45, 7) is 2.98. The number of aliphatic carboxylic acids is 1. The van der Waals surface area contributed by atoms with E-state index in [0.717, 1.165) is 0 Å². The van der Waals surface area contributed by atoms with Gasteiger partial charge in [0.15, 0.2) is 5.76 Å². The number of carbonyl (C=O) groups is 2. The lowest BCUT2D eigenvalue weighted by Crippen LogP contribution is -2.39. The van der Waals surface area contributed by atoms with Gasteiger partial charge in [-0.1, -0.05) is 0 Å². The van der Waals surface area contributed by atoms with Crippen molar-refractivity contribution >= 4 is 11.9 Å². The largest absolute Gasteiger partial charge is 0.481 e. The van der Waals surface area contributed by atoms with Crippen LogP contribution in [0.25, 0.3) is 11.5 Å². The molecule has 1 aliphatic rings. The number of carboxylic acids is 1. The van der Waals surface area contributed by atoms with Crippen molar-refractivity contribution in [1.82, 2.24) is 10.3 Å². The first-order valence-electron chi connectivity index (χ1n) is 8.66. The van der Waals surface area contributed by atoms with Crippen molar-refractivity contribution in [3.63, 3.8) is 0 Å². The van der Waals surface area contributed by atoms with Crippen molar-refractivity contribution in [1.29, 1.82) is 0 Å². The van der Waals surface area contributed by atoms with E-state index in [0.29, 0.717) is 48.8 Å². The maximum Gasteiger partial charge on any atom is 0.308 e. The van der Waals surface area contributed by atoms with E-state index >= 15 is 0 Å². The molecule has 2 aromatic rings. The summed E-state index contributed by atoms with van der Waals surface area (Å²) in [4.78, 5) is 28.5. The standard InChI is InChI=1S/C19H22N2O5/c1-12-14(4-5-16(21-12)17-3-2-8-26-17)18(22)20-11-15(19(23)24)13-6-9-25-10-7-13/h2-5,8,13,15H,6-7,9-11H2,1H3,(H,20,22)(H,23,24). The average molecular weight is 358 g/mol. The lowest BCUT2D eigenvalue weighted by atomic mass is 9.86. The van der Waals surface area contributed by atoms with Gasteiger partial charge >= 0.3 is 5.97 Å². The third-order valence-electron chi connectivity index (χ3n) is 4.74. The zero-order chi connectivity index (χ0) is 18.5. The first-order valence-corrected chi connectivity index (χ1v) is 8.66. The molecule has 3 heterocycles. The normalized spacial score (nSPS) is 16.2. The van der Waals surface area contributed by atoms with Crippen LogP contribution in [-0.2, 0) is 9.53 Å². The molecular formula is C19H22N2O5. The van der Waals surface area contributed by atoms with Crippen LogP contribution in [0.5, 0.6) is 0 Å². The highest BCUT2D eigenvalue weighted by molar-refractivity contribution is 5.95. The Morgan fingerprint density at radius 1 is 1.31 bits per heavy atom. The van der Waals surface area contributed by atoms with Gasteiger partial charge in [-0.3, -0.25) is 9.59 Å². The molecule has 1 saturated heterocycles. The van der Waals surface area contributed by atoms with Crippen molar-refractivity contribution in [2.24, 2.45) is 11.8 Å². The first-order chi connectivity index (χ1) is 12.6. The van der Waals surface area contributed by atoms with E-state index in [-0.39, 0.29) is 18.4 Å². The van der Waals surface area contributed by atoms with Crippen LogP contribution in [0.4, 0.5) is 0 Å². The number of amides is 1. The highest BCUT2D eigenvalue weighted by Crippen LogP contribution is 2.24. The van der Waals surface area contributed by atoms with Crippen LogP contribution in [0.2, 0.25) is 0 Å². The predicted octanol–water partition coefficient (Wildman–Crippen LogP) is 2.51. The Bertz CT molecular complexity index is 766. The number of aromatic nitrogens is 1. The van der Waals surface area contributed by atoms with E-state index in [4.69, 9.17) is 9.15 Å². The number of ether oxygens (including phenoxy) is 1. The van der Waals surface area contributed by atoms with Crippen molar-refractivity contribution < 1.29 is 23.8 Å². The molecule has 0 bridgehead atoms. The molecular weight excluding hydrogens is 336 g/mol. The SMILES string of the molecule is Cc1nc(-c2ccco2)ccc1C(=O)NCC(C(=O)O)C1CCOCC1. The number of pyridine rings is 1. The minimum absolute atomic E-state index is 0.0158. The van der Waals surface area contributed by atoms with Crippen molar-refractivity contribution in [3.8, 4) is 11.5 Å². The zero-order valence-corrected chi connectivity index (χ0v) is 14.6. The molecule has 26 heavy (non-hydrogen) atoms. The van der Waals surface area contributed by atoms with Gasteiger partial charge in [-0.05, 0) is 49.9 Å². The van der Waals surface area contributed by atoms with Gasteiger partial charge in [0.05, 0.1) is 23.4 Å². The van der Waals surface area contributed by atoms with E-state index in [1.165, 1.54) is 0 Å². The summed E-state index contributed by atoms with van der Waals surface area (Å²) in [7, 11) is 0. The summed E-state index contributed by atoms with van der Waals surface area (Å²) in [6, 6.07) is 6.97. The van der Waals surface area contributed by atoms with Crippen LogP contribution < -0.4 is 5.32 Å². The third-order valence-corrected chi connectivity index (χ3v) is 4.74. The molecule has 1 unspecified atom stereocenters. The number of hydrogen-bond donors (Lipinski definition) is 2. The van der Waals surface area contributed by atoms with E-state index in [1.807, 2.05) is 0 Å². The van der Waals surface area contributed by atoms with Gasteiger partial charge in [-0.15, -0.1) is 0 Å². The van der Waals surface area contributed by atoms with Crippen LogP contribution in [0.15, 0.2) is 34.9 Å². The molecule has 7 heteroatoms. The van der Waals surface area contributed by atoms with Crippen molar-refractivity contribution in [2.45, 2.75) is 19.8 Å². The molecule has 0 radical (unpaired) electrons. The van der Waals surface area contributed by atoms with Crippen molar-refractivity contribution in [3.05, 3.63) is 41.8 Å². The van der Waals surface area contributed by atoms with E-state index in [2.05, 4.69) is 10.3 Å². The highest BCUT2D eigenvalue weighted by Gasteiger charge is 2.30. The highest BCUT2D eigenvalue weighted by atomic mass is 16.5. The van der Waals surface area contributed by atoms with Crippen LogP contribution in [-0.4, -0.2) is 41.7 Å². The summed E-state index contributed by atoms with van der Waals surface area (Å²) in [6.07, 6.45) is 2.96. The molecule has 0 aliphatic carbocycles. The summed E-state index contributed by atoms with van der Waals surface area (Å²) in [5.74, 6) is -1.18. The third kappa shape index (κ3) is 4.11. The molecule has 7 nitrogen and oxygen atoms in total. The quantitative estimate of drug-likeness (QED) is 0.823. The minimum Gasteiger partial charge on any atom is -0.481 e. The van der Waals surface area contributed by atoms with E-state index in [1.54, 1.807) is 37.5 Å². The number of nitrogens with one attached hydrogen (secondary N) is 1. The molecule has 2 aromatic heterocycles. The van der Waals surface area contributed by atoms with Gasteiger partial charge in [0.2, 0.25) is 0 Å². The smallest absolute Gasteiger partial charge is 0.308 e. The Labute approximate surface area is 151 Å². The van der Waals surface area contributed by atoms with Crippen LogP contribution >= 0.6 is 0 Å². The Hall–Kier alpha value is -2.67. The molecule has 2 N–H and O–H groups in total. The molecule has 138 valence electrons. The van der Waals surface area contributed by atoms with Crippen LogP contribution in [0, 0.1) is 18.8 Å².